The Morgan fingerprint density at radius 3 is 2.46 bits per heavy atom. The molecule has 3 N–H and O–H groups in total. The molecule has 0 radical (unpaired) electrons. The first kappa shape index (κ1) is 19.3. The van der Waals surface area contributed by atoms with Gasteiger partial charge in [-0.15, -0.1) is 0 Å². The van der Waals surface area contributed by atoms with Crippen LogP contribution in [-0.2, 0) is 16.1 Å². The van der Waals surface area contributed by atoms with Gasteiger partial charge in [-0.3, -0.25) is 14.7 Å². The fourth-order valence-corrected chi connectivity index (χ4v) is 2.48. The minimum absolute atomic E-state index is 0.0610. The Labute approximate surface area is 170 Å². The number of hydrogen-bond donors (Lipinski definition) is 3. The Morgan fingerprint density at radius 2 is 1.71 bits per heavy atom. The van der Waals surface area contributed by atoms with Gasteiger partial charge in [0.15, 0.2) is 5.82 Å². The lowest BCUT2D eigenvalue weighted by atomic mass is 10.2. The topological polar surface area (TPSA) is 99.8 Å². The molecule has 3 aromatic rings. The number of hydrogen-bond acceptors (Lipinski definition) is 4. The smallest absolute Gasteiger partial charge is 0.310 e. The second kappa shape index (κ2) is 9.48. The number of halogens is 1. The summed E-state index contributed by atoms with van der Waals surface area (Å²) in [6.45, 7) is 0.142. The lowest BCUT2D eigenvalue weighted by molar-refractivity contribution is -0.139. The molecule has 2 amide bonds. The lowest BCUT2D eigenvalue weighted by Crippen LogP contribution is -2.39. The van der Waals surface area contributed by atoms with Gasteiger partial charge in [-0.25, -0.2) is 4.98 Å². The molecule has 0 aliphatic carbocycles. The highest BCUT2D eigenvalue weighted by Gasteiger charge is 2.13. The molecule has 8 heteroatoms. The van der Waals surface area contributed by atoms with Crippen molar-refractivity contribution in [3.05, 3.63) is 70.5 Å². The molecule has 0 unspecified atom stereocenters. The molecule has 0 bridgehead atoms. The first-order valence-corrected chi connectivity index (χ1v) is 9.18. The Bertz CT molecular complexity index is 1020. The molecule has 0 fully saturated rings. The standard InChI is InChI=1S/C20H16BrN5O2/c21-16-10-8-15(9-11-16)18-24-17(25-26-18)13-23-20(28)19(27)22-12-4-7-14-5-2-1-3-6-14/h1-3,5-6,8-11H,12-13H2,(H,22,27)(H,23,28)(H,24,25,26). The van der Waals surface area contributed by atoms with Crippen molar-refractivity contribution in [1.82, 2.24) is 25.8 Å². The molecule has 7 nitrogen and oxygen atoms in total. The highest BCUT2D eigenvalue weighted by Crippen LogP contribution is 2.18. The van der Waals surface area contributed by atoms with Gasteiger partial charge < -0.3 is 10.6 Å². The summed E-state index contributed by atoms with van der Waals surface area (Å²) in [5.74, 6) is 5.13. The largest absolute Gasteiger partial charge is 0.341 e. The molecule has 0 aliphatic heterocycles. The van der Waals surface area contributed by atoms with Crippen molar-refractivity contribution < 1.29 is 9.59 Å². The van der Waals surface area contributed by atoms with Crippen LogP contribution in [0.2, 0.25) is 0 Å². The van der Waals surface area contributed by atoms with Crippen molar-refractivity contribution in [2.24, 2.45) is 0 Å². The van der Waals surface area contributed by atoms with E-state index in [1.807, 2.05) is 54.6 Å². The zero-order chi connectivity index (χ0) is 19.8. The van der Waals surface area contributed by atoms with Crippen LogP contribution in [0.4, 0.5) is 0 Å². The highest BCUT2D eigenvalue weighted by atomic mass is 79.9. The second-order valence-corrected chi connectivity index (χ2v) is 6.56. The van der Waals surface area contributed by atoms with E-state index in [2.05, 4.69) is 53.6 Å². The quantitative estimate of drug-likeness (QED) is 0.429. The fourth-order valence-electron chi connectivity index (χ4n) is 2.22. The summed E-state index contributed by atoms with van der Waals surface area (Å²) in [6, 6.07) is 16.9. The number of carbonyl (C=O) groups excluding carboxylic acids is 2. The number of benzene rings is 2. The number of carbonyl (C=O) groups is 2. The van der Waals surface area contributed by atoms with Crippen molar-refractivity contribution in [2.75, 3.05) is 6.54 Å². The van der Waals surface area contributed by atoms with Gasteiger partial charge in [0, 0.05) is 15.6 Å². The average molecular weight is 438 g/mol. The van der Waals surface area contributed by atoms with Gasteiger partial charge >= 0.3 is 11.8 Å². The third-order valence-corrected chi connectivity index (χ3v) is 4.13. The molecule has 2 aromatic carbocycles. The molecule has 0 spiro atoms. The lowest BCUT2D eigenvalue weighted by Gasteiger charge is -2.02. The van der Waals surface area contributed by atoms with Crippen LogP contribution in [0.25, 0.3) is 11.4 Å². The van der Waals surface area contributed by atoms with Crippen molar-refractivity contribution in [2.45, 2.75) is 6.54 Å². The number of aromatic amines is 1. The van der Waals surface area contributed by atoms with E-state index in [1.54, 1.807) is 0 Å². The molecule has 1 heterocycles. The van der Waals surface area contributed by atoms with E-state index in [0.29, 0.717) is 11.6 Å². The zero-order valence-electron chi connectivity index (χ0n) is 14.7. The summed E-state index contributed by atoms with van der Waals surface area (Å²) in [7, 11) is 0. The first-order chi connectivity index (χ1) is 13.6. The summed E-state index contributed by atoms with van der Waals surface area (Å²) < 4.78 is 0.957. The van der Waals surface area contributed by atoms with Gasteiger partial charge in [-0.1, -0.05) is 58.1 Å². The van der Waals surface area contributed by atoms with Crippen molar-refractivity contribution in [3.63, 3.8) is 0 Å². The summed E-state index contributed by atoms with van der Waals surface area (Å²) in [6.07, 6.45) is 0. The van der Waals surface area contributed by atoms with Crippen LogP contribution < -0.4 is 10.6 Å². The van der Waals surface area contributed by atoms with E-state index in [4.69, 9.17) is 0 Å². The Kier molecular flexibility index (Phi) is 6.54. The molecule has 1 aromatic heterocycles. The van der Waals surface area contributed by atoms with Crippen LogP contribution in [0.1, 0.15) is 11.4 Å². The van der Waals surface area contributed by atoms with Gasteiger partial charge in [0.05, 0.1) is 13.1 Å². The van der Waals surface area contributed by atoms with Gasteiger partial charge in [0.25, 0.3) is 0 Å². The summed E-state index contributed by atoms with van der Waals surface area (Å²) in [5.41, 5.74) is 1.68. The Balaban J connectivity index is 1.45. The van der Waals surface area contributed by atoms with Gasteiger partial charge in [-0.2, -0.15) is 5.10 Å². The van der Waals surface area contributed by atoms with Crippen LogP contribution in [0, 0.1) is 11.8 Å². The summed E-state index contributed by atoms with van der Waals surface area (Å²) in [5, 5.41) is 11.8. The molecule has 0 atom stereocenters. The predicted octanol–water partition coefficient (Wildman–Crippen LogP) is 2.02. The van der Waals surface area contributed by atoms with E-state index in [0.717, 1.165) is 15.6 Å². The number of amides is 2. The maximum atomic E-state index is 11.9. The van der Waals surface area contributed by atoms with Crippen LogP contribution in [0.15, 0.2) is 59.1 Å². The molecule has 0 saturated heterocycles. The molecule has 3 rings (SSSR count). The number of rotatable bonds is 4. The number of nitrogens with one attached hydrogen (secondary N) is 3. The predicted molar refractivity (Wildman–Crippen MR) is 108 cm³/mol. The van der Waals surface area contributed by atoms with Crippen molar-refractivity contribution >= 4 is 27.7 Å². The van der Waals surface area contributed by atoms with Crippen LogP contribution in [0.3, 0.4) is 0 Å². The molecule has 0 saturated carbocycles. The van der Waals surface area contributed by atoms with E-state index >= 15 is 0 Å². The SMILES string of the molecule is O=C(NCC#Cc1ccccc1)C(=O)NCc1nc(-c2ccc(Br)cc2)n[nH]1. The van der Waals surface area contributed by atoms with E-state index in [-0.39, 0.29) is 13.1 Å². The van der Waals surface area contributed by atoms with Crippen molar-refractivity contribution in [3.8, 4) is 23.2 Å². The van der Waals surface area contributed by atoms with Crippen LogP contribution in [0.5, 0.6) is 0 Å². The highest BCUT2D eigenvalue weighted by molar-refractivity contribution is 9.10. The van der Waals surface area contributed by atoms with E-state index in [1.165, 1.54) is 0 Å². The van der Waals surface area contributed by atoms with Crippen LogP contribution >= 0.6 is 15.9 Å². The monoisotopic (exact) mass is 437 g/mol. The number of H-pyrrole nitrogens is 1. The minimum atomic E-state index is -0.761. The molecule has 140 valence electrons. The minimum Gasteiger partial charge on any atom is -0.341 e. The van der Waals surface area contributed by atoms with Crippen molar-refractivity contribution in [1.29, 1.82) is 0 Å². The van der Waals surface area contributed by atoms with Crippen LogP contribution in [-0.4, -0.2) is 33.5 Å². The number of nitrogens with zero attached hydrogens (tertiary/aromatic N) is 2. The average Bonchev–Trinajstić information content (AvgIpc) is 3.19. The first-order valence-electron chi connectivity index (χ1n) is 8.39. The summed E-state index contributed by atoms with van der Waals surface area (Å²) in [4.78, 5) is 27.9. The summed E-state index contributed by atoms with van der Waals surface area (Å²) >= 11 is 3.37. The maximum Gasteiger partial charge on any atom is 0.310 e. The molecule has 28 heavy (non-hydrogen) atoms. The maximum absolute atomic E-state index is 11.9. The normalized spacial score (nSPS) is 9.89. The molecular weight excluding hydrogens is 422 g/mol. The Hall–Kier alpha value is -3.44. The third-order valence-electron chi connectivity index (χ3n) is 3.60. The van der Waals surface area contributed by atoms with Gasteiger partial charge in [0.2, 0.25) is 0 Å². The third kappa shape index (κ3) is 5.53. The van der Waals surface area contributed by atoms with E-state index in [9.17, 15) is 9.59 Å². The van der Waals surface area contributed by atoms with Gasteiger partial charge in [-0.05, 0) is 24.3 Å². The molecule has 0 aliphatic rings. The fraction of sp³-hybridized carbons (Fsp3) is 0.100. The second-order valence-electron chi connectivity index (χ2n) is 5.65. The zero-order valence-corrected chi connectivity index (χ0v) is 16.3. The van der Waals surface area contributed by atoms with E-state index < -0.39 is 11.8 Å². The molecular formula is C20H16BrN5O2. The van der Waals surface area contributed by atoms with Gasteiger partial charge in [0.1, 0.15) is 5.82 Å². The Morgan fingerprint density at radius 1 is 1.00 bits per heavy atom. The number of aromatic nitrogens is 3.